The van der Waals surface area contributed by atoms with Crippen LogP contribution >= 0.6 is 0 Å². The number of halogens is 1. The Balaban J connectivity index is 2.71. The second-order valence-electron chi connectivity index (χ2n) is 2.64. The van der Waals surface area contributed by atoms with Crippen molar-refractivity contribution in [2.24, 2.45) is 0 Å². The minimum atomic E-state index is -0.470. The molecule has 0 bridgehead atoms. The molecule has 0 radical (unpaired) electrons. The van der Waals surface area contributed by atoms with Gasteiger partial charge in [-0.15, -0.1) is 0 Å². The van der Waals surface area contributed by atoms with Gasteiger partial charge in [0.05, 0.1) is 29.8 Å². The van der Waals surface area contributed by atoms with Crippen molar-refractivity contribution in [3.05, 3.63) is 29.6 Å². The molecule has 70 valence electrons. The second-order valence-corrected chi connectivity index (χ2v) is 2.64. The summed E-state index contributed by atoms with van der Waals surface area (Å²) in [5, 5.41) is 19.5. The van der Waals surface area contributed by atoms with Gasteiger partial charge in [0.1, 0.15) is 5.82 Å². The lowest BCUT2D eigenvalue weighted by Crippen LogP contribution is -2.02. The van der Waals surface area contributed by atoms with E-state index in [1.807, 2.05) is 12.1 Å². The SMILES string of the molecule is N#CCCNc1ccc(C#N)cc1F. The number of nitrogens with one attached hydrogen (secondary N) is 1. The van der Waals surface area contributed by atoms with Crippen molar-refractivity contribution in [1.82, 2.24) is 0 Å². The van der Waals surface area contributed by atoms with Gasteiger partial charge in [-0.05, 0) is 18.2 Å². The summed E-state index contributed by atoms with van der Waals surface area (Å²) in [6.07, 6.45) is 0.319. The van der Waals surface area contributed by atoms with Crippen LogP contribution in [0.2, 0.25) is 0 Å². The predicted octanol–water partition coefficient (Wildman–Crippen LogP) is 2.02. The van der Waals surface area contributed by atoms with Crippen LogP contribution in [-0.2, 0) is 0 Å². The molecule has 14 heavy (non-hydrogen) atoms. The Morgan fingerprint density at radius 3 is 2.71 bits per heavy atom. The van der Waals surface area contributed by atoms with Crippen molar-refractivity contribution in [1.29, 1.82) is 10.5 Å². The zero-order valence-corrected chi connectivity index (χ0v) is 7.42. The molecular formula is C10H8FN3. The average Bonchev–Trinajstić information content (AvgIpc) is 2.20. The van der Waals surface area contributed by atoms with Gasteiger partial charge in [0.2, 0.25) is 0 Å². The molecule has 1 aromatic rings. The zero-order chi connectivity index (χ0) is 10.4. The Morgan fingerprint density at radius 2 is 2.14 bits per heavy atom. The van der Waals surface area contributed by atoms with Crippen molar-refractivity contribution in [2.75, 3.05) is 11.9 Å². The predicted molar refractivity (Wildman–Crippen MR) is 49.8 cm³/mol. The minimum Gasteiger partial charge on any atom is -0.382 e. The van der Waals surface area contributed by atoms with E-state index in [0.29, 0.717) is 18.7 Å². The summed E-state index contributed by atoms with van der Waals surface area (Å²) < 4.78 is 13.2. The van der Waals surface area contributed by atoms with Crippen LogP contribution in [0.3, 0.4) is 0 Å². The van der Waals surface area contributed by atoms with Gasteiger partial charge in [-0.3, -0.25) is 0 Å². The molecule has 0 saturated heterocycles. The molecule has 0 fully saturated rings. The summed E-state index contributed by atoms with van der Waals surface area (Å²) in [5.74, 6) is -0.470. The summed E-state index contributed by atoms with van der Waals surface area (Å²) in [4.78, 5) is 0. The normalized spacial score (nSPS) is 8.79. The first-order valence-corrected chi connectivity index (χ1v) is 4.08. The highest BCUT2D eigenvalue weighted by molar-refractivity contribution is 5.48. The van der Waals surface area contributed by atoms with Crippen molar-refractivity contribution < 1.29 is 4.39 Å². The van der Waals surface area contributed by atoms with Crippen molar-refractivity contribution >= 4 is 5.69 Å². The van der Waals surface area contributed by atoms with E-state index in [1.165, 1.54) is 12.1 Å². The van der Waals surface area contributed by atoms with Gasteiger partial charge in [-0.2, -0.15) is 10.5 Å². The number of hydrogen-bond acceptors (Lipinski definition) is 3. The summed E-state index contributed by atoms with van der Waals surface area (Å²) >= 11 is 0. The van der Waals surface area contributed by atoms with Gasteiger partial charge >= 0.3 is 0 Å². The maximum Gasteiger partial charge on any atom is 0.147 e. The number of hydrogen-bond donors (Lipinski definition) is 1. The number of rotatable bonds is 3. The first kappa shape index (κ1) is 10.0. The van der Waals surface area contributed by atoms with Gasteiger partial charge in [-0.1, -0.05) is 0 Å². The molecule has 0 atom stereocenters. The van der Waals surface area contributed by atoms with Gasteiger partial charge in [-0.25, -0.2) is 4.39 Å². The zero-order valence-electron chi connectivity index (χ0n) is 7.42. The van der Waals surface area contributed by atoms with Crippen molar-refractivity contribution in [3.8, 4) is 12.1 Å². The standard InChI is InChI=1S/C10H8FN3/c11-9-6-8(7-13)2-3-10(9)14-5-1-4-12/h2-3,6,14H,1,5H2. The Hall–Kier alpha value is -2.07. The largest absolute Gasteiger partial charge is 0.382 e. The van der Waals surface area contributed by atoms with Crippen LogP contribution in [0.15, 0.2) is 18.2 Å². The highest BCUT2D eigenvalue weighted by atomic mass is 19.1. The fourth-order valence-corrected chi connectivity index (χ4v) is 0.981. The third-order valence-electron chi connectivity index (χ3n) is 1.65. The first-order chi connectivity index (χ1) is 6.77. The Morgan fingerprint density at radius 1 is 1.36 bits per heavy atom. The van der Waals surface area contributed by atoms with Crippen LogP contribution in [0.1, 0.15) is 12.0 Å². The van der Waals surface area contributed by atoms with Gasteiger partial charge in [0, 0.05) is 6.54 Å². The van der Waals surface area contributed by atoms with Gasteiger partial charge in [0.15, 0.2) is 0 Å². The summed E-state index contributed by atoms with van der Waals surface area (Å²) in [6, 6.07) is 7.96. The van der Waals surface area contributed by atoms with Crippen LogP contribution < -0.4 is 5.32 Å². The number of benzene rings is 1. The van der Waals surface area contributed by atoms with Crippen LogP contribution in [0.25, 0.3) is 0 Å². The van der Waals surface area contributed by atoms with E-state index in [2.05, 4.69) is 5.32 Å². The molecule has 0 aliphatic rings. The Labute approximate surface area is 81.4 Å². The van der Waals surface area contributed by atoms with E-state index in [0.717, 1.165) is 6.07 Å². The van der Waals surface area contributed by atoms with Crippen LogP contribution in [-0.4, -0.2) is 6.54 Å². The van der Waals surface area contributed by atoms with E-state index in [4.69, 9.17) is 10.5 Å². The monoisotopic (exact) mass is 189 g/mol. The molecule has 0 aliphatic heterocycles. The van der Waals surface area contributed by atoms with E-state index >= 15 is 0 Å². The third-order valence-corrected chi connectivity index (χ3v) is 1.65. The maximum absolute atomic E-state index is 13.2. The van der Waals surface area contributed by atoms with Crippen molar-refractivity contribution in [3.63, 3.8) is 0 Å². The highest BCUT2D eigenvalue weighted by Gasteiger charge is 2.01. The van der Waals surface area contributed by atoms with Crippen LogP contribution in [0.5, 0.6) is 0 Å². The third kappa shape index (κ3) is 2.46. The molecule has 1 aromatic carbocycles. The molecular weight excluding hydrogens is 181 g/mol. The second kappa shape index (κ2) is 4.84. The number of anilines is 1. The number of nitrogens with zero attached hydrogens (tertiary/aromatic N) is 2. The average molecular weight is 189 g/mol. The minimum absolute atomic E-state index is 0.285. The molecule has 0 aromatic heterocycles. The molecule has 1 N–H and O–H groups in total. The first-order valence-electron chi connectivity index (χ1n) is 4.08. The molecule has 4 heteroatoms. The molecule has 1 rings (SSSR count). The summed E-state index contributed by atoms with van der Waals surface area (Å²) in [5.41, 5.74) is 0.604. The van der Waals surface area contributed by atoms with E-state index < -0.39 is 5.82 Å². The summed E-state index contributed by atoms with van der Waals surface area (Å²) in [7, 11) is 0. The molecule has 0 saturated carbocycles. The lowest BCUT2D eigenvalue weighted by Gasteiger charge is -2.04. The van der Waals surface area contributed by atoms with Gasteiger partial charge in [0.25, 0.3) is 0 Å². The summed E-state index contributed by atoms with van der Waals surface area (Å²) in [6.45, 7) is 0.402. The Bertz CT molecular complexity index is 401. The van der Waals surface area contributed by atoms with Crippen LogP contribution in [0.4, 0.5) is 10.1 Å². The smallest absolute Gasteiger partial charge is 0.147 e. The maximum atomic E-state index is 13.2. The topological polar surface area (TPSA) is 59.6 Å². The lowest BCUT2D eigenvalue weighted by atomic mass is 10.2. The van der Waals surface area contributed by atoms with Gasteiger partial charge < -0.3 is 5.32 Å². The molecule has 0 aliphatic carbocycles. The van der Waals surface area contributed by atoms with Crippen molar-refractivity contribution in [2.45, 2.75) is 6.42 Å². The molecule has 0 amide bonds. The van der Waals surface area contributed by atoms with E-state index in [9.17, 15) is 4.39 Å². The highest BCUT2D eigenvalue weighted by Crippen LogP contribution is 2.14. The fourth-order valence-electron chi connectivity index (χ4n) is 0.981. The van der Waals surface area contributed by atoms with Crippen LogP contribution in [0, 0.1) is 28.5 Å². The van der Waals surface area contributed by atoms with E-state index in [1.54, 1.807) is 0 Å². The van der Waals surface area contributed by atoms with E-state index in [-0.39, 0.29) is 5.56 Å². The Kier molecular flexibility index (Phi) is 3.46. The lowest BCUT2D eigenvalue weighted by molar-refractivity contribution is 0.630. The molecule has 0 spiro atoms. The molecule has 3 nitrogen and oxygen atoms in total. The molecule has 0 heterocycles. The quantitative estimate of drug-likeness (QED) is 0.740. The molecule has 0 unspecified atom stereocenters. The number of nitriles is 2. The fraction of sp³-hybridized carbons (Fsp3) is 0.200.